The molecule has 2 fully saturated rings. The lowest BCUT2D eigenvalue weighted by Gasteiger charge is -2.37. The third-order valence-corrected chi connectivity index (χ3v) is 6.53. The Morgan fingerprint density at radius 2 is 1.60 bits per heavy atom. The molecule has 2 heterocycles. The molecule has 0 radical (unpaired) electrons. The highest BCUT2D eigenvalue weighted by Gasteiger charge is 2.42. The number of halogens is 4. The first kappa shape index (κ1) is 18.6. The minimum absolute atomic E-state index is 0.0270. The molecule has 5 nitrogen and oxygen atoms in total. The number of alkyl halides is 3. The van der Waals surface area contributed by atoms with E-state index in [-0.39, 0.29) is 11.2 Å². The summed E-state index contributed by atoms with van der Waals surface area (Å²) in [7, 11) is 1.72. The molecule has 0 amide bonds. The van der Waals surface area contributed by atoms with E-state index in [9.17, 15) is 21.6 Å². The Bertz CT molecular complexity index is 717. The summed E-state index contributed by atoms with van der Waals surface area (Å²) < 4.78 is 64.6. The van der Waals surface area contributed by atoms with Crippen LogP contribution >= 0.6 is 10.7 Å². The van der Waals surface area contributed by atoms with Crippen LogP contribution in [-0.2, 0) is 9.24 Å². The first-order chi connectivity index (χ1) is 11.6. The Kier molecular flexibility index (Phi) is 4.85. The molecule has 0 saturated carbocycles. The molecule has 0 N–H and O–H groups in total. The molecule has 0 atom stereocenters. The van der Waals surface area contributed by atoms with E-state index in [4.69, 9.17) is 10.7 Å². The number of ether oxygens (including phenoxy) is 1. The smallest absolute Gasteiger partial charge is 0.406 e. The number of benzene rings is 1. The van der Waals surface area contributed by atoms with Crippen LogP contribution in [0.2, 0.25) is 0 Å². The van der Waals surface area contributed by atoms with Crippen molar-refractivity contribution in [3.05, 3.63) is 24.3 Å². The van der Waals surface area contributed by atoms with E-state index in [2.05, 4.69) is 9.64 Å². The van der Waals surface area contributed by atoms with Gasteiger partial charge in [0, 0.05) is 42.5 Å². The van der Waals surface area contributed by atoms with Crippen LogP contribution in [0, 0.1) is 5.41 Å². The molecule has 1 spiro atoms. The molecule has 1 aromatic carbocycles. The van der Waals surface area contributed by atoms with Crippen molar-refractivity contribution in [2.24, 2.45) is 5.41 Å². The molecule has 0 bridgehead atoms. The van der Waals surface area contributed by atoms with Crippen LogP contribution in [0.5, 0.6) is 5.75 Å². The third kappa shape index (κ3) is 4.51. The van der Waals surface area contributed by atoms with E-state index < -0.39 is 15.6 Å². The summed E-state index contributed by atoms with van der Waals surface area (Å²) in [6.45, 7) is 2.34. The molecule has 0 aliphatic carbocycles. The lowest BCUT2D eigenvalue weighted by molar-refractivity contribution is -0.274. The average Bonchev–Trinajstić information content (AvgIpc) is 2.90. The number of hydrogen-bond donors (Lipinski definition) is 0. The van der Waals surface area contributed by atoms with Gasteiger partial charge in [-0.15, -0.1) is 13.2 Å². The average molecular weight is 399 g/mol. The molecule has 0 aromatic heterocycles. The molecular formula is C15H18ClF3N2O3S. The van der Waals surface area contributed by atoms with Crippen molar-refractivity contribution < 1.29 is 26.3 Å². The molecule has 1 aromatic rings. The van der Waals surface area contributed by atoms with E-state index >= 15 is 0 Å². The summed E-state index contributed by atoms with van der Waals surface area (Å²) in [6.07, 6.45) is -2.32. The number of anilines is 1. The van der Waals surface area contributed by atoms with Gasteiger partial charge in [-0.2, -0.15) is 12.7 Å². The Morgan fingerprint density at radius 3 is 2.12 bits per heavy atom. The zero-order valence-electron chi connectivity index (χ0n) is 13.3. The highest BCUT2D eigenvalue weighted by molar-refractivity contribution is 8.11. The summed E-state index contributed by atoms with van der Waals surface area (Å²) in [5, 5.41) is 0. The summed E-state index contributed by atoms with van der Waals surface area (Å²) in [5.74, 6) is -0.245. The number of nitrogens with zero attached hydrogens (tertiary/aromatic N) is 2. The van der Waals surface area contributed by atoms with Gasteiger partial charge in [-0.25, -0.2) is 0 Å². The SMILES string of the molecule is O=S(=O)(Cl)N1CCC2(CCN(c3ccc(OC(F)(F)F)cc3)C2)CC1. The lowest BCUT2D eigenvalue weighted by Crippen LogP contribution is -2.42. The highest BCUT2D eigenvalue weighted by Crippen LogP contribution is 2.42. The minimum atomic E-state index is -4.70. The number of piperidine rings is 1. The van der Waals surface area contributed by atoms with Crippen molar-refractivity contribution in [1.29, 1.82) is 0 Å². The fourth-order valence-electron chi connectivity index (χ4n) is 3.60. The van der Waals surface area contributed by atoms with Gasteiger partial charge in [-0.05, 0) is 48.9 Å². The van der Waals surface area contributed by atoms with Gasteiger partial charge in [0.05, 0.1) is 0 Å². The molecule has 10 heteroatoms. The van der Waals surface area contributed by atoms with Crippen molar-refractivity contribution in [1.82, 2.24) is 4.31 Å². The van der Waals surface area contributed by atoms with Crippen molar-refractivity contribution in [3.63, 3.8) is 0 Å². The van der Waals surface area contributed by atoms with Gasteiger partial charge >= 0.3 is 6.36 Å². The zero-order chi connectivity index (χ0) is 18.3. The van der Waals surface area contributed by atoms with Crippen LogP contribution in [0.4, 0.5) is 18.9 Å². The van der Waals surface area contributed by atoms with Crippen LogP contribution in [0.3, 0.4) is 0 Å². The van der Waals surface area contributed by atoms with Crippen molar-refractivity contribution in [2.45, 2.75) is 25.6 Å². The zero-order valence-corrected chi connectivity index (χ0v) is 14.9. The van der Waals surface area contributed by atoms with Gasteiger partial charge in [0.15, 0.2) is 0 Å². The van der Waals surface area contributed by atoms with Crippen LogP contribution in [0.15, 0.2) is 24.3 Å². The van der Waals surface area contributed by atoms with Gasteiger partial charge in [0.1, 0.15) is 5.75 Å². The standard InChI is InChI=1S/C15H18ClF3N2O3S/c16-25(22,23)21-9-6-14(7-10-21)5-8-20(11-14)12-1-3-13(4-2-12)24-15(17,18)19/h1-4H,5-11H2. The highest BCUT2D eigenvalue weighted by atomic mass is 35.7. The quantitative estimate of drug-likeness (QED) is 0.732. The van der Waals surface area contributed by atoms with Gasteiger partial charge in [0.25, 0.3) is 9.24 Å². The summed E-state index contributed by atoms with van der Waals surface area (Å²) in [5.41, 5.74) is 0.859. The molecule has 3 rings (SSSR count). The van der Waals surface area contributed by atoms with Gasteiger partial charge < -0.3 is 9.64 Å². The summed E-state index contributed by atoms with van der Waals surface area (Å²) in [4.78, 5) is 2.11. The van der Waals surface area contributed by atoms with E-state index in [0.29, 0.717) is 13.1 Å². The summed E-state index contributed by atoms with van der Waals surface area (Å²) >= 11 is 0. The molecule has 2 aliphatic rings. The van der Waals surface area contributed by atoms with Crippen molar-refractivity contribution >= 4 is 25.6 Å². The Hall–Kier alpha value is -1.19. The fraction of sp³-hybridized carbons (Fsp3) is 0.600. The van der Waals surface area contributed by atoms with Crippen LogP contribution in [-0.4, -0.2) is 45.3 Å². The van der Waals surface area contributed by atoms with Crippen molar-refractivity contribution in [2.75, 3.05) is 31.1 Å². The van der Waals surface area contributed by atoms with E-state index in [1.54, 1.807) is 12.1 Å². The molecule has 2 saturated heterocycles. The number of hydrogen-bond acceptors (Lipinski definition) is 4. The molecule has 25 heavy (non-hydrogen) atoms. The second kappa shape index (κ2) is 6.51. The van der Waals surface area contributed by atoms with Crippen molar-refractivity contribution in [3.8, 4) is 5.75 Å². The molecular weight excluding hydrogens is 381 g/mol. The molecule has 140 valence electrons. The number of rotatable bonds is 3. The third-order valence-electron chi connectivity index (χ3n) is 4.97. The van der Waals surface area contributed by atoms with Crippen LogP contribution < -0.4 is 9.64 Å². The second-order valence-corrected chi connectivity index (χ2v) is 9.06. The van der Waals surface area contributed by atoms with E-state index in [1.807, 2.05) is 0 Å². The Balaban J connectivity index is 1.62. The second-order valence-electron chi connectivity index (χ2n) is 6.55. The van der Waals surface area contributed by atoms with E-state index in [1.165, 1.54) is 16.4 Å². The maximum atomic E-state index is 12.2. The molecule has 0 unspecified atom stereocenters. The molecule has 2 aliphatic heterocycles. The predicted molar refractivity (Wildman–Crippen MR) is 88.0 cm³/mol. The van der Waals surface area contributed by atoms with Gasteiger partial charge in [-0.3, -0.25) is 0 Å². The largest absolute Gasteiger partial charge is 0.573 e. The first-order valence-electron chi connectivity index (χ1n) is 7.87. The maximum absolute atomic E-state index is 12.2. The predicted octanol–water partition coefficient (Wildman–Crippen LogP) is 3.36. The normalized spacial score (nSPS) is 21.7. The fourth-order valence-corrected chi connectivity index (χ4v) is 4.63. The van der Waals surface area contributed by atoms with Gasteiger partial charge in [-0.1, -0.05) is 0 Å². The topological polar surface area (TPSA) is 49.9 Å². The minimum Gasteiger partial charge on any atom is -0.406 e. The van der Waals surface area contributed by atoms with E-state index in [0.717, 1.165) is 38.0 Å². The lowest BCUT2D eigenvalue weighted by atomic mass is 9.78. The van der Waals surface area contributed by atoms with Crippen LogP contribution in [0.1, 0.15) is 19.3 Å². The summed E-state index contributed by atoms with van der Waals surface area (Å²) in [6, 6.07) is 5.82. The Morgan fingerprint density at radius 1 is 1.04 bits per heavy atom. The maximum Gasteiger partial charge on any atom is 0.573 e. The van der Waals surface area contributed by atoms with Gasteiger partial charge in [0.2, 0.25) is 0 Å². The first-order valence-corrected chi connectivity index (χ1v) is 10.1. The Labute approximate surface area is 148 Å². The monoisotopic (exact) mass is 398 g/mol. The van der Waals surface area contributed by atoms with Crippen LogP contribution in [0.25, 0.3) is 0 Å².